The standard InChI is InChI=1S/C67H49NO/c1-6-7-21-51-47-24-10-15-29-56(47)67(57-30-16-11-26-53(57)62-58(67)37-36-52-50-25-12-17-31-61(50)69-64(52)62)63(51)41-19-18-20-42(38-41)68(43-32-34-48-45-22-8-13-27-54(45)65(2,3)59(48)39-43)44-33-35-49-46-23-9-14-28-55(46)66(4,5)60(49)40-44/h6-40H,1H2,2-5H3/b21-7-. The molecule has 9 aromatic carbocycles. The third-order valence-corrected chi connectivity index (χ3v) is 16.3. The molecule has 0 fully saturated rings. The number of furan rings is 1. The van der Waals surface area contributed by atoms with Crippen LogP contribution >= 0.6 is 0 Å². The molecule has 0 amide bonds. The van der Waals surface area contributed by atoms with E-state index in [1.807, 2.05) is 6.08 Å². The van der Waals surface area contributed by atoms with Gasteiger partial charge in [0.15, 0.2) is 0 Å². The van der Waals surface area contributed by atoms with E-state index in [9.17, 15) is 0 Å². The maximum Gasteiger partial charge on any atom is 0.143 e. The van der Waals surface area contributed by atoms with Crippen molar-refractivity contribution in [2.45, 2.75) is 43.9 Å². The van der Waals surface area contributed by atoms with E-state index in [1.165, 1.54) is 89.0 Å². The van der Waals surface area contributed by atoms with Crippen LogP contribution in [0, 0.1) is 0 Å². The predicted molar refractivity (Wildman–Crippen MR) is 288 cm³/mol. The van der Waals surface area contributed by atoms with Crippen molar-refractivity contribution in [3.05, 3.63) is 269 Å². The number of allylic oxidation sites excluding steroid dienone is 5. The van der Waals surface area contributed by atoms with E-state index in [1.54, 1.807) is 0 Å². The van der Waals surface area contributed by atoms with Crippen molar-refractivity contribution in [1.82, 2.24) is 0 Å². The number of rotatable bonds is 6. The van der Waals surface area contributed by atoms with Gasteiger partial charge in [-0.1, -0.05) is 204 Å². The Hall–Kier alpha value is -8.20. The van der Waals surface area contributed by atoms with E-state index in [0.29, 0.717) is 0 Å². The van der Waals surface area contributed by atoms with Gasteiger partial charge >= 0.3 is 0 Å². The maximum absolute atomic E-state index is 6.91. The lowest BCUT2D eigenvalue weighted by atomic mass is 9.67. The van der Waals surface area contributed by atoms with E-state index in [0.717, 1.165) is 44.6 Å². The summed E-state index contributed by atoms with van der Waals surface area (Å²) in [5, 5.41) is 2.27. The zero-order valence-electron chi connectivity index (χ0n) is 39.3. The zero-order chi connectivity index (χ0) is 46.4. The van der Waals surface area contributed by atoms with Gasteiger partial charge in [-0.25, -0.2) is 0 Å². The molecule has 328 valence electrons. The largest absolute Gasteiger partial charge is 0.455 e. The number of fused-ring (bicyclic) bond motifs is 17. The zero-order valence-corrected chi connectivity index (χ0v) is 39.3. The molecule has 0 bridgehead atoms. The molecule has 1 spiro atoms. The molecule has 0 radical (unpaired) electrons. The summed E-state index contributed by atoms with van der Waals surface area (Å²) < 4.78 is 6.91. The Morgan fingerprint density at radius 2 is 0.971 bits per heavy atom. The molecule has 1 aromatic heterocycles. The van der Waals surface area contributed by atoms with E-state index in [4.69, 9.17) is 4.42 Å². The lowest BCUT2D eigenvalue weighted by molar-refractivity contribution is 0.660. The lowest BCUT2D eigenvalue weighted by Crippen LogP contribution is -2.26. The summed E-state index contributed by atoms with van der Waals surface area (Å²) >= 11 is 0. The van der Waals surface area contributed by atoms with Crippen LogP contribution in [0.2, 0.25) is 0 Å². The number of nitrogens with zero attached hydrogens (tertiary/aromatic N) is 1. The van der Waals surface area contributed by atoms with Crippen LogP contribution in [0.25, 0.3) is 66.5 Å². The van der Waals surface area contributed by atoms with E-state index in [2.05, 4.69) is 245 Å². The third-order valence-electron chi connectivity index (χ3n) is 16.3. The van der Waals surface area contributed by atoms with Crippen LogP contribution < -0.4 is 4.90 Å². The third kappa shape index (κ3) is 5.21. The van der Waals surface area contributed by atoms with E-state index in [-0.39, 0.29) is 10.8 Å². The fourth-order valence-corrected chi connectivity index (χ4v) is 13.2. The first kappa shape index (κ1) is 39.9. The average molecular weight is 884 g/mol. The van der Waals surface area contributed by atoms with Gasteiger partial charge in [-0.05, 0) is 131 Å². The molecule has 14 rings (SSSR count). The predicted octanol–water partition coefficient (Wildman–Crippen LogP) is 17.6. The fraction of sp³-hybridized carbons (Fsp3) is 0.104. The summed E-state index contributed by atoms with van der Waals surface area (Å²) in [7, 11) is 0. The van der Waals surface area contributed by atoms with Crippen LogP contribution in [0.1, 0.15) is 77.8 Å². The quantitative estimate of drug-likeness (QED) is 0.155. The normalized spacial score (nSPS) is 17.2. The summed E-state index contributed by atoms with van der Waals surface area (Å²) in [5.74, 6) is 0. The van der Waals surface area contributed by atoms with Crippen molar-refractivity contribution < 1.29 is 4.42 Å². The maximum atomic E-state index is 6.91. The van der Waals surface area contributed by atoms with Gasteiger partial charge in [0, 0.05) is 44.2 Å². The first-order chi connectivity index (χ1) is 33.7. The molecule has 0 N–H and O–H groups in total. The Kier molecular flexibility index (Phi) is 8.20. The van der Waals surface area contributed by atoms with E-state index >= 15 is 0 Å². The molecular formula is C67H49NO. The Balaban J connectivity index is 1.03. The summed E-state index contributed by atoms with van der Waals surface area (Å²) in [6, 6.07) is 72.7. The Bertz CT molecular complexity index is 3840. The highest BCUT2D eigenvalue weighted by molar-refractivity contribution is 6.17. The molecule has 1 heterocycles. The summed E-state index contributed by atoms with van der Waals surface area (Å²) in [6.07, 6.45) is 6.27. The SMILES string of the molecule is C=C/C=C\C1=C(c2cccc(N(c3ccc4c(c3)C(C)(C)c3ccccc3-4)c3ccc4c(c3)C(C)(C)c3ccccc3-4)c2)C2(c3ccccc31)c1ccccc1-c1c2ccc2c1oc1ccccc12. The summed E-state index contributed by atoms with van der Waals surface area (Å²) in [4.78, 5) is 2.51. The highest BCUT2D eigenvalue weighted by Crippen LogP contribution is 2.66. The molecule has 0 aliphatic heterocycles. The van der Waals surface area contributed by atoms with Crippen LogP contribution in [0.4, 0.5) is 17.1 Å². The van der Waals surface area contributed by atoms with Crippen LogP contribution in [0.15, 0.2) is 223 Å². The van der Waals surface area contributed by atoms with Crippen molar-refractivity contribution in [3.63, 3.8) is 0 Å². The van der Waals surface area contributed by atoms with Gasteiger partial charge in [0.05, 0.1) is 5.41 Å². The first-order valence-corrected chi connectivity index (χ1v) is 24.3. The van der Waals surface area contributed by atoms with Gasteiger partial charge in [0.1, 0.15) is 11.2 Å². The van der Waals surface area contributed by atoms with Gasteiger partial charge < -0.3 is 9.32 Å². The van der Waals surface area contributed by atoms with Crippen molar-refractivity contribution in [3.8, 4) is 33.4 Å². The highest BCUT2D eigenvalue weighted by atomic mass is 16.3. The molecule has 1 unspecified atom stereocenters. The first-order valence-electron chi connectivity index (χ1n) is 24.3. The molecule has 2 heteroatoms. The number of hydrogen-bond acceptors (Lipinski definition) is 2. The monoisotopic (exact) mass is 883 g/mol. The molecule has 4 aliphatic carbocycles. The number of para-hydroxylation sites is 1. The van der Waals surface area contributed by atoms with Gasteiger partial charge in [-0.2, -0.15) is 0 Å². The molecule has 0 saturated heterocycles. The van der Waals surface area contributed by atoms with Gasteiger partial charge in [-0.15, -0.1) is 0 Å². The van der Waals surface area contributed by atoms with Crippen molar-refractivity contribution >= 4 is 50.1 Å². The van der Waals surface area contributed by atoms with Crippen molar-refractivity contribution in [2.24, 2.45) is 0 Å². The van der Waals surface area contributed by atoms with Gasteiger partial charge in [0.25, 0.3) is 0 Å². The molecule has 10 aromatic rings. The minimum absolute atomic E-state index is 0.162. The van der Waals surface area contributed by atoms with Crippen LogP contribution in [-0.4, -0.2) is 0 Å². The average Bonchev–Trinajstić information content (AvgIpc) is 4.12. The van der Waals surface area contributed by atoms with Gasteiger partial charge in [-0.3, -0.25) is 0 Å². The van der Waals surface area contributed by atoms with E-state index < -0.39 is 5.41 Å². The number of hydrogen-bond donors (Lipinski definition) is 0. The Labute approximate surface area is 403 Å². The molecule has 4 aliphatic rings. The minimum Gasteiger partial charge on any atom is -0.455 e. The molecule has 2 nitrogen and oxygen atoms in total. The van der Waals surface area contributed by atoms with Crippen LogP contribution in [0.3, 0.4) is 0 Å². The Morgan fingerprint density at radius 3 is 1.62 bits per heavy atom. The minimum atomic E-state index is -0.646. The summed E-state index contributed by atoms with van der Waals surface area (Å²) in [6.45, 7) is 13.7. The number of anilines is 3. The molecule has 1 atom stereocenters. The Morgan fingerprint density at radius 1 is 0.435 bits per heavy atom. The molecule has 0 saturated carbocycles. The van der Waals surface area contributed by atoms with Crippen LogP contribution in [0.5, 0.6) is 0 Å². The van der Waals surface area contributed by atoms with Crippen molar-refractivity contribution in [1.29, 1.82) is 0 Å². The second kappa shape index (κ2) is 14.2. The molecular weight excluding hydrogens is 835 g/mol. The second-order valence-electron chi connectivity index (χ2n) is 20.4. The summed E-state index contributed by atoms with van der Waals surface area (Å²) in [5.41, 5.74) is 25.9. The second-order valence-corrected chi connectivity index (χ2v) is 20.4. The highest BCUT2D eigenvalue weighted by Gasteiger charge is 2.54. The van der Waals surface area contributed by atoms with Crippen molar-refractivity contribution in [2.75, 3.05) is 4.90 Å². The number of benzene rings is 9. The van der Waals surface area contributed by atoms with Crippen LogP contribution in [-0.2, 0) is 16.2 Å². The lowest BCUT2D eigenvalue weighted by Gasteiger charge is -2.34. The molecule has 69 heavy (non-hydrogen) atoms. The topological polar surface area (TPSA) is 16.4 Å². The smallest absolute Gasteiger partial charge is 0.143 e. The fourth-order valence-electron chi connectivity index (χ4n) is 13.2. The van der Waals surface area contributed by atoms with Gasteiger partial charge in [0.2, 0.25) is 0 Å².